The molecule has 0 unspecified atom stereocenters. The van der Waals surface area contributed by atoms with E-state index in [4.69, 9.17) is 0 Å². The zero-order chi connectivity index (χ0) is 19.8. The van der Waals surface area contributed by atoms with E-state index >= 15 is 0 Å². The fraction of sp³-hybridized carbons (Fsp3) is 0.318. The van der Waals surface area contributed by atoms with Gasteiger partial charge >= 0.3 is 5.69 Å². The van der Waals surface area contributed by atoms with Gasteiger partial charge in [0.2, 0.25) is 5.91 Å². The fourth-order valence-electron chi connectivity index (χ4n) is 3.59. The molecule has 1 aromatic heterocycles. The van der Waals surface area contributed by atoms with Crippen LogP contribution in [0.4, 0.5) is 0 Å². The number of aromatic nitrogens is 2. The Bertz CT molecular complexity index is 1170. The molecule has 6 nitrogen and oxygen atoms in total. The minimum Gasteiger partial charge on any atom is -0.352 e. The van der Waals surface area contributed by atoms with Crippen molar-refractivity contribution in [3.05, 3.63) is 74.9 Å². The first-order valence-electron chi connectivity index (χ1n) is 9.65. The molecule has 0 aliphatic heterocycles. The molecule has 2 aromatic carbocycles. The Kier molecular flexibility index (Phi) is 4.63. The highest BCUT2D eigenvalue weighted by Gasteiger charge is 2.30. The lowest BCUT2D eigenvalue weighted by molar-refractivity contribution is -0.124. The van der Waals surface area contributed by atoms with Gasteiger partial charge in [-0.1, -0.05) is 31.2 Å². The van der Waals surface area contributed by atoms with Gasteiger partial charge in [0.05, 0.1) is 16.6 Å². The number of nitrogens with one attached hydrogen (secondary N) is 1. The SMILES string of the molecule is CC[C@@H](C(=O)NC1CC1)n1c(=O)n(-c2cccc(C)c2)c(=O)c2ccccc21. The summed E-state index contributed by atoms with van der Waals surface area (Å²) in [7, 11) is 0. The van der Waals surface area contributed by atoms with Crippen molar-refractivity contribution in [1.82, 2.24) is 14.5 Å². The van der Waals surface area contributed by atoms with E-state index in [2.05, 4.69) is 5.32 Å². The van der Waals surface area contributed by atoms with Crippen LogP contribution in [0, 0.1) is 6.92 Å². The van der Waals surface area contributed by atoms with Crippen LogP contribution in [0.5, 0.6) is 0 Å². The summed E-state index contributed by atoms with van der Waals surface area (Å²) in [5.74, 6) is -0.174. The molecule has 144 valence electrons. The zero-order valence-electron chi connectivity index (χ0n) is 16.0. The molecule has 1 heterocycles. The van der Waals surface area contributed by atoms with Crippen LogP contribution in [-0.2, 0) is 4.79 Å². The van der Waals surface area contributed by atoms with E-state index in [1.807, 2.05) is 26.0 Å². The van der Waals surface area contributed by atoms with Gasteiger partial charge in [0.25, 0.3) is 5.56 Å². The minimum atomic E-state index is -0.672. The molecule has 0 saturated heterocycles. The van der Waals surface area contributed by atoms with Crippen LogP contribution in [0.15, 0.2) is 58.1 Å². The number of carbonyl (C=O) groups excluding carboxylic acids is 1. The van der Waals surface area contributed by atoms with Crippen LogP contribution in [0.3, 0.4) is 0 Å². The second-order valence-corrected chi connectivity index (χ2v) is 7.36. The maximum Gasteiger partial charge on any atom is 0.336 e. The van der Waals surface area contributed by atoms with Gasteiger partial charge in [0.15, 0.2) is 0 Å². The van der Waals surface area contributed by atoms with E-state index in [9.17, 15) is 14.4 Å². The Morgan fingerprint density at radius 2 is 1.89 bits per heavy atom. The molecule has 28 heavy (non-hydrogen) atoms. The van der Waals surface area contributed by atoms with Crippen molar-refractivity contribution in [2.75, 3.05) is 0 Å². The maximum atomic E-state index is 13.5. The molecule has 6 heteroatoms. The highest BCUT2D eigenvalue weighted by Crippen LogP contribution is 2.22. The molecular weight excluding hydrogens is 354 g/mol. The molecule has 3 aromatic rings. The Morgan fingerprint density at radius 3 is 2.57 bits per heavy atom. The predicted octanol–water partition coefficient (Wildman–Crippen LogP) is 2.69. The van der Waals surface area contributed by atoms with E-state index in [-0.39, 0.29) is 17.5 Å². The van der Waals surface area contributed by atoms with Gasteiger partial charge in [-0.3, -0.25) is 14.2 Å². The van der Waals surface area contributed by atoms with E-state index < -0.39 is 11.7 Å². The number of aryl methyl sites for hydroxylation is 1. The van der Waals surface area contributed by atoms with Crippen LogP contribution >= 0.6 is 0 Å². The molecule has 1 N–H and O–H groups in total. The number of benzene rings is 2. The van der Waals surface area contributed by atoms with Crippen LogP contribution in [-0.4, -0.2) is 21.1 Å². The Labute approximate surface area is 162 Å². The molecule has 0 spiro atoms. The standard InChI is InChI=1S/C22H23N3O3/c1-3-18(20(26)23-15-11-12-15)25-19-10-5-4-9-17(19)21(27)24(22(25)28)16-8-6-7-14(2)13-16/h4-10,13,15,18H,3,11-12H2,1-2H3,(H,23,26)/t18-/m0/s1. The third-order valence-corrected chi connectivity index (χ3v) is 5.18. The number of rotatable bonds is 5. The summed E-state index contributed by atoms with van der Waals surface area (Å²) in [6.45, 7) is 3.78. The average molecular weight is 377 g/mol. The average Bonchev–Trinajstić information content (AvgIpc) is 3.49. The lowest BCUT2D eigenvalue weighted by Gasteiger charge is -2.21. The largest absolute Gasteiger partial charge is 0.352 e. The first-order chi connectivity index (χ1) is 13.5. The van der Waals surface area contributed by atoms with Crippen molar-refractivity contribution in [1.29, 1.82) is 0 Å². The number of hydrogen-bond acceptors (Lipinski definition) is 3. The normalized spacial score (nSPS) is 14.8. The van der Waals surface area contributed by atoms with E-state index in [1.165, 1.54) is 9.13 Å². The quantitative estimate of drug-likeness (QED) is 0.743. The maximum absolute atomic E-state index is 13.5. The van der Waals surface area contributed by atoms with Crippen molar-refractivity contribution < 1.29 is 4.79 Å². The highest BCUT2D eigenvalue weighted by atomic mass is 16.2. The number of nitrogens with zero attached hydrogens (tertiary/aromatic N) is 2. The second-order valence-electron chi connectivity index (χ2n) is 7.36. The predicted molar refractivity (Wildman–Crippen MR) is 109 cm³/mol. The number of para-hydroxylation sites is 1. The highest BCUT2D eigenvalue weighted by molar-refractivity contribution is 5.85. The third kappa shape index (κ3) is 3.15. The van der Waals surface area contributed by atoms with Gasteiger partial charge in [-0.15, -0.1) is 0 Å². The number of hydrogen-bond donors (Lipinski definition) is 1. The van der Waals surface area contributed by atoms with Crippen LogP contribution in [0.25, 0.3) is 16.6 Å². The van der Waals surface area contributed by atoms with Crippen LogP contribution < -0.4 is 16.6 Å². The summed E-state index contributed by atoms with van der Waals surface area (Å²) < 4.78 is 2.64. The summed E-state index contributed by atoms with van der Waals surface area (Å²) in [6, 6.07) is 13.8. The lowest BCUT2D eigenvalue weighted by atomic mass is 10.1. The van der Waals surface area contributed by atoms with Crippen molar-refractivity contribution in [2.45, 2.75) is 45.2 Å². The van der Waals surface area contributed by atoms with E-state index in [1.54, 1.807) is 36.4 Å². The first kappa shape index (κ1) is 18.2. The van der Waals surface area contributed by atoms with Gasteiger partial charge in [0.1, 0.15) is 6.04 Å². The lowest BCUT2D eigenvalue weighted by Crippen LogP contribution is -2.44. The molecule has 1 fully saturated rings. The van der Waals surface area contributed by atoms with E-state index in [0.29, 0.717) is 23.0 Å². The molecule has 1 atom stereocenters. The fourth-order valence-corrected chi connectivity index (χ4v) is 3.59. The molecule has 1 amide bonds. The molecule has 0 bridgehead atoms. The van der Waals surface area contributed by atoms with Gasteiger partial charge in [-0.05, 0) is 56.0 Å². The molecular formula is C22H23N3O3. The van der Waals surface area contributed by atoms with Crippen molar-refractivity contribution in [2.24, 2.45) is 0 Å². The summed E-state index contributed by atoms with van der Waals surface area (Å²) in [6.07, 6.45) is 2.40. The van der Waals surface area contributed by atoms with Gasteiger partial charge in [0, 0.05) is 6.04 Å². The van der Waals surface area contributed by atoms with Crippen molar-refractivity contribution in [3.63, 3.8) is 0 Å². The zero-order valence-corrected chi connectivity index (χ0v) is 16.0. The van der Waals surface area contributed by atoms with Gasteiger partial charge in [-0.25, -0.2) is 9.36 Å². The Balaban J connectivity index is 2.01. The molecule has 1 aliphatic rings. The minimum absolute atomic E-state index is 0.174. The smallest absolute Gasteiger partial charge is 0.336 e. The molecule has 0 radical (unpaired) electrons. The number of fused-ring (bicyclic) bond motifs is 1. The summed E-state index contributed by atoms with van der Waals surface area (Å²) in [5, 5.41) is 3.41. The van der Waals surface area contributed by atoms with Crippen molar-refractivity contribution in [3.8, 4) is 5.69 Å². The van der Waals surface area contributed by atoms with Crippen LogP contribution in [0.2, 0.25) is 0 Å². The van der Waals surface area contributed by atoms with Gasteiger partial charge in [-0.2, -0.15) is 0 Å². The first-order valence-corrected chi connectivity index (χ1v) is 9.65. The molecule has 1 aliphatic carbocycles. The number of carbonyl (C=O) groups is 1. The third-order valence-electron chi connectivity index (χ3n) is 5.18. The van der Waals surface area contributed by atoms with Gasteiger partial charge < -0.3 is 5.32 Å². The van der Waals surface area contributed by atoms with Crippen LogP contribution in [0.1, 0.15) is 37.8 Å². The van der Waals surface area contributed by atoms with Crippen molar-refractivity contribution >= 4 is 16.8 Å². The topological polar surface area (TPSA) is 73.1 Å². The second kappa shape index (κ2) is 7.11. The summed E-state index contributed by atoms with van der Waals surface area (Å²) >= 11 is 0. The Morgan fingerprint density at radius 1 is 1.14 bits per heavy atom. The summed E-state index contributed by atoms with van der Waals surface area (Å²) in [5.41, 5.74) is 1.07. The van der Waals surface area contributed by atoms with E-state index in [0.717, 1.165) is 18.4 Å². The Hall–Kier alpha value is -3.15. The molecule has 4 rings (SSSR count). The monoisotopic (exact) mass is 377 g/mol. The summed E-state index contributed by atoms with van der Waals surface area (Å²) in [4.78, 5) is 39.4. The molecule has 1 saturated carbocycles. The number of amides is 1.